The molecular weight excluding hydrogens is 404 g/mol. The predicted octanol–water partition coefficient (Wildman–Crippen LogP) is 2.34. The fraction of sp³-hybridized carbons (Fsp3) is 0.304. The molecule has 2 N–H and O–H groups in total. The summed E-state index contributed by atoms with van der Waals surface area (Å²) in [6.07, 6.45) is 7.69. The Hall–Kier alpha value is -3.56. The van der Waals surface area contributed by atoms with E-state index in [1.165, 1.54) is 0 Å². The predicted molar refractivity (Wildman–Crippen MR) is 123 cm³/mol. The Morgan fingerprint density at radius 1 is 1.12 bits per heavy atom. The minimum Gasteiger partial charge on any atom is -0.374 e. The minimum atomic E-state index is 0.0904. The van der Waals surface area contributed by atoms with E-state index in [1.807, 2.05) is 57.1 Å². The summed E-state index contributed by atoms with van der Waals surface area (Å²) >= 11 is 0. The number of aromatic nitrogens is 6. The second-order valence-electron chi connectivity index (χ2n) is 7.89. The van der Waals surface area contributed by atoms with Crippen LogP contribution in [0.25, 0.3) is 33.8 Å². The molecule has 1 aliphatic rings. The average Bonchev–Trinajstić information content (AvgIpc) is 3.46. The van der Waals surface area contributed by atoms with E-state index in [2.05, 4.69) is 37.9 Å². The van der Waals surface area contributed by atoms with Crippen LogP contribution in [-0.4, -0.2) is 61.9 Å². The van der Waals surface area contributed by atoms with Gasteiger partial charge in [0.25, 0.3) is 0 Å². The molecule has 0 saturated carbocycles. The van der Waals surface area contributed by atoms with E-state index in [-0.39, 0.29) is 6.10 Å². The average molecular weight is 431 g/mol. The number of aryl methyl sites for hydroxylation is 2. The Morgan fingerprint density at radius 3 is 2.78 bits per heavy atom. The first-order chi connectivity index (χ1) is 15.7. The van der Waals surface area contributed by atoms with Crippen molar-refractivity contribution < 1.29 is 4.74 Å². The van der Waals surface area contributed by atoms with Gasteiger partial charge in [-0.15, -0.1) is 0 Å². The van der Waals surface area contributed by atoms with Crippen LogP contribution in [0.5, 0.6) is 0 Å². The molecule has 1 aromatic carbocycles. The molecule has 3 aromatic heterocycles. The van der Waals surface area contributed by atoms with Gasteiger partial charge in [-0.25, -0.2) is 9.97 Å². The number of ether oxygens (including phenoxy) is 1. The summed E-state index contributed by atoms with van der Waals surface area (Å²) in [6, 6.07) is 10.2. The maximum Gasteiger partial charge on any atom is 0.161 e. The number of hydrogen-bond acceptors (Lipinski definition) is 7. The van der Waals surface area contributed by atoms with Gasteiger partial charge in [-0.05, 0) is 17.7 Å². The number of nitrogens with zero attached hydrogens (tertiary/aromatic N) is 6. The number of morpholine rings is 1. The third-order valence-corrected chi connectivity index (χ3v) is 5.44. The molecule has 1 fully saturated rings. The van der Waals surface area contributed by atoms with Crippen LogP contribution >= 0.6 is 0 Å². The highest BCUT2D eigenvalue weighted by Gasteiger charge is 2.17. The van der Waals surface area contributed by atoms with E-state index < -0.39 is 0 Å². The summed E-state index contributed by atoms with van der Waals surface area (Å²) < 4.78 is 9.41. The molecule has 0 aliphatic carbocycles. The normalized spacial score (nSPS) is 16.2. The van der Waals surface area contributed by atoms with Crippen molar-refractivity contribution in [2.24, 2.45) is 14.1 Å². The van der Waals surface area contributed by atoms with Crippen molar-refractivity contribution in [3.8, 4) is 33.8 Å². The maximum atomic E-state index is 5.83. The summed E-state index contributed by atoms with van der Waals surface area (Å²) in [5.74, 6) is 1.40. The number of hydrogen-bond donors (Lipinski definition) is 2. The topological polar surface area (TPSA) is 94.7 Å². The number of rotatable bonds is 6. The van der Waals surface area contributed by atoms with Crippen LogP contribution in [0.15, 0.2) is 55.1 Å². The van der Waals surface area contributed by atoms with Crippen LogP contribution in [-0.2, 0) is 18.8 Å². The SMILES string of the molecule is Cn1cc(-c2cccc(-c3ncc(-c4ccn(C)n4)c(NCC4CNCCO4)n3)c2)cn1. The summed E-state index contributed by atoms with van der Waals surface area (Å²) in [6.45, 7) is 3.08. The van der Waals surface area contributed by atoms with Crippen molar-refractivity contribution in [2.75, 3.05) is 31.6 Å². The van der Waals surface area contributed by atoms with E-state index >= 15 is 0 Å². The molecule has 164 valence electrons. The monoisotopic (exact) mass is 430 g/mol. The third-order valence-electron chi connectivity index (χ3n) is 5.44. The van der Waals surface area contributed by atoms with Gasteiger partial charge in [-0.1, -0.05) is 18.2 Å². The summed E-state index contributed by atoms with van der Waals surface area (Å²) in [4.78, 5) is 9.55. The number of anilines is 1. The molecular formula is C23H26N8O. The molecule has 1 aliphatic heterocycles. The molecule has 0 radical (unpaired) electrons. The number of nitrogens with one attached hydrogen (secondary N) is 2. The molecule has 32 heavy (non-hydrogen) atoms. The van der Waals surface area contributed by atoms with Gasteiger partial charge in [0.05, 0.1) is 30.2 Å². The van der Waals surface area contributed by atoms with Crippen molar-refractivity contribution in [3.63, 3.8) is 0 Å². The lowest BCUT2D eigenvalue weighted by Crippen LogP contribution is -2.42. The lowest BCUT2D eigenvalue weighted by atomic mass is 10.1. The molecule has 1 atom stereocenters. The zero-order valence-electron chi connectivity index (χ0n) is 18.2. The molecule has 0 bridgehead atoms. The summed E-state index contributed by atoms with van der Waals surface area (Å²) in [5, 5.41) is 15.6. The summed E-state index contributed by atoms with van der Waals surface area (Å²) in [7, 11) is 3.81. The highest BCUT2D eigenvalue weighted by atomic mass is 16.5. The standard InChI is InChI=1S/C23H26N8O/c1-30-8-6-21(29-30)20-14-26-22(28-23(20)25-13-19-12-24-7-9-32-19)17-5-3-4-16(10-17)18-11-27-31(2)15-18/h3-6,8,10-11,14-15,19,24H,7,9,12-13H2,1-2H3,(H,25,26,28). The van der Waals surface area contributed by atoms with E-state index in [9.17, 15) is 0 Å². The molecule has 1 saturated heterocycles. The Morgan fingerprint density at radius 2 is 2.03 bits per heavy atom. The lowest BCUT2D eigenvalue weighted by molar-refractivity contribution is 0.0372. The lowest BCUT2D eigenvalue weighted by Gasteiger charge is -2.24. The van der Waals surface area contributed by atoms with E-state index in [0.29, 0.717) is 12.4 Å². The van der Waals surface area contributed by atoms with Gasteiger partial charge in [0, 0.05) is 63.4 Å². The number of benzene rings is 1. The molecule has 9 heteroatoms. The first-order valence-corrected chi connectivity index (χ1v) is 10.7. The summed E-state index contributed by atoms with van der Waals surface area (Å²) in [5.41, 5.74) is 4.76. The van der Waals surface area contributed by atoms with Crippen LogP contribution in [0.3, 0.4) is 0 Å². The van der Waals surface area contributed by atoms with E-state index in [0.717, 1.165) is 53.5 Å². The fourth-order valence-electron chi connectivity index (χ4n) is 3.77. The molecule has 0 spiro atoms. The van der Waals surface area contributed by atoms with Crippen molar-refractivity contribution >= 4 is 5.82 Å². The smallest absolute Gasteiger partial charge is 0.161 e. The largest absolute Gasteiger partial charge is 0.374 e. The Balaban J connectivity index is 1.48. The van der Waals surface area contributed by atoms with Crippen LogP contribution in [0.4, 0.5) is 5.82 Å². The van der Waals surface area contributed by atoms with Gasteiger partial charge in [0.1, 0.15) is 5.82 Å². The molecule has 4 heterocycles. The van der Waals surface area contributed by atoms with Gasteiger partial charge in [0.15, 0.2) is 5.82 Å². The molecule has 5 rings (SSSR count). The second kappa shape index (κ2) is 8.89. The highest BCUT2D eigenvalue weighted by molar-refractivity contribution is 5.75. The van der Waals surface area contributed by atoms with Crippen molar-refractivity contribution in [2.45, 2.75) is 6.10 Å². The Bertz CT molecular complexity index is 1210. The van der Waals surface area contributed by atoms with E-state index in [4.69, 9.17) is 9.72 Å². The van der Waals surface area contributed by atoms with Crippen LogP contribution in [0.2, 0.25) is 0 Å². The van der Waals surface area contributed by atoms with Crippen molar-refractivity contribution in [1.29, 1.82) is 0 Å². The highest BCUT2D eigenvalue weighted by Crippen LogP contribution is 2.29. The van der Waals surface area contributed by atoms with Gasteiger partial charge in [-0.3, -0.25) is 9.36 Å². The first kappa shape index (κ1) is 20.3. The fourth-order valence-corrected chi connectivity index (χ4v) is 3.77. The third kappa shape index (κ3) is 4.39. The first-order valence-electron chi connectivity index (χ1n) is 10.7. The molecule has 1 unspecified atom stereocenters. The minimum absolute atomic E-state index is 0.0904. The second-order valence-corrected chi connectivity index (χ2v) is 7.89. The maximum absolute atomic E-state index is 5.83. The zero-order chi connectivity index (χ0) is 21.9. The van der Waals surface area contributed by atoms with E-state index in [1.54, 1.807) is 9.36 Å². The van der Waals surface area contributed by atoms with Crippen LogP contribution in [0, 0.1) is 0 Å². The van der Waals surface area contributed by atoms with Crippen LogP contribution < -0.4 is 10.6 Å². The molecule has 9 nitrogen and oxygen atoms in total. The molecule has 0 amide bonds. The van der Waals surface area contributed by atoms with Gasteiger partial charge < -0.3 is 15.4 Å². The van der Waals surface area contributed by atoms with Crippen molar-refractivity contribution in [3.05, 3.63) is 55.1 Å². The Labute approximate surface area is 186 Å². The van der Waals surface area contributed by atoms with Gasteiger partial charge in [-0.2, -0.15) is 10.2 Å². The zero-order valence-corrected chi connectivity index (χ0v) is 18.2. The van der Waals surface area contributed by atoms with Gasteiger partial charge in [0.2, 0.25) is 0 Å². The quantitative estimate of drug-likeness (QED) is 0.485. The van der Waals surface area contributed by atoms with Gasteiger partial charge >= 0.3 is 0 Å². The Kier molecular flexibility index (Phi) is 5.66. The van der Waals surface area contributed by atoms with Crippen molar-refractivity contribution in [1.82, 2.24) is 34.8 Å². The molecule has 4 aromatic rings. The van der Waals surface area contributed by atoms with Crippen LogP contribution in [0.1, 0.15) is 0 Å².